The van der Waals surface area contributed by atoms with E-state index in [9.17, 15) is 0 Å². The zero-order chi connectivity index (χ0) is 11.9. The molecule has 0 unspecified atom stereocenters. The molecule has 0 spiro atoms. The van der Waals surface area contributed by atoms with E-state index in [0.29, 0.717) is 6.61 Å². The summed E-state index contributed by atoms with van der Waals surface area (Å²) < 4.78 is 7.16. The first-order valence-electron chi connectivity index (χ1n) is 5.86. The Hall–Kier alpha value is -0.970. The molecule has 3 nitrogen and oxygen atoms in total. The predicted molar refractivity (Wildman–Crippen MR) is 70.4 cm³/mol. The van der Waals surface area contributed by atoms with Crippen LogP contribution in [-0.2, 0) is 11.3 Å². The average Bonchev–Trinajstić information content (AvgIpc) is 2.68. The highest BCUT2D eigenvalue weighted by Crippen LogP contribution is 2.26. The summed E-state index contributed by atoms with van der Waals surface area (Å²) in [6.07, 6.45) is 0. The van der Waals surface area contributed by atoms with Crippen LogP contribution in [0.1, 0.15) is 17.5 Å². The molecule has 0 bridgehead atoms. The quantitative estimate of drug-likeness (QED) is 0.906. The van der Waals surface area contributed by atoms with Gasteiger partial charge in [0.05, 0.1) is 22.4 Å². The topological polar surface area (TPSA) is 34.1 Å². The summed E-state index contributed by atoms with van der Waals surface area (Å²) in [7, 11) is 0. The number of aryl methyl sites for hydroxylation is 1. The second-order valence-corrected chi connectivity index (χ2v) is 5.99. The van der Waals surface area contributed by atoms with Crippen LogP contribution in [0.3, 0.4) is 0 Å². The van der Waals surface area contributed by atoms with Gasteiger partial charge < -0.3 is 10.1 Å². The van der Waals surface area contributed by atoms with E-state index >= 15 is 0 Å². The summed E-state index contributed by atoms with van der Waals surface area (Å²) in [5, 5.41) is 4.30. The van der Waals surface area contributed by atoms with Crippen molar-refractivity contribution < 1.29 is 4.74 Å². The summed E-state index contributed by atoms with van der Waals surface area (Å²) in [6.45, 7) is 6.75. The second kappa shape index (κ2) is 4.05. The third-order valence-corrected chi connectivity index (χ3v) is 4.20. The molecular formula is C13H16N2OS. The van der Waals surface area contributed by atoms with Gasteiger partial charge in [-0.15, -0.1) is 11.3 Å². The van der Waals surface area contributed by atoms with Gasteiger partial charge in [-0.1, -0.05) is 12.1 Å². The molecule has 1 N–H and O–H groups in total. The fourth-order valence-electron chi connectivity index (χ4n) is 2.01. The number of hydrogen-bond donors (Lipinski definition) is 1. The Kier molecular flexibility index (Phi) is 2.65. The lowest BCUT2D eigenvalue weighted by molar-refractivity contribution is -0.0767. The van der Waals surface area contributed by atoms with Gasteiger partial charge in [0.15, 0.2) is 0 Å². The summed E-state index contributed by atoms with van der Waals surface area (Å²) in [5.74, 6) is 0. The number of fused-ring (bicyclic) bond motifs is 1. The molecule has 17 heavy (non-hydrogen) atoms. The SMILES string of the molecule is Cc1cccc2sc(COC3(C)CNC3)nc12. The van der Waals surface area contributed by atoms with Crippen LogP contribution in [-0.4, -0.2) is 23.7 Å². The zero-order valence-electron chi connectivity index (χ0n) is 10.1. The Bertz CT molecular complexity index is 545. The van der Waals surface area contributed by atoms with E-state index in [1.807, 2.05) is 0 Å². The summed E-state index contributed by atoms with van der Waals surface area (Å²) in [4.78, 5) is 4.65. The van der Waals surface area contributed by atoms with Gasteiger partial charge in [0.25, 0.3) is 0 Å². The molecule has 2 heterocycles. The molecule has 1 aliphatic heterocycles. The monoisotopic (exact) mass is 248 g/mol. The van der Waals surface area contributed by atoms with Crippen molar-refractivity contribution in [2.75, 3.05) is 13.1 Å². The first-order chi connectivity index (χ1) is 8.16. The molecule has 1 aromatic carbocycles. The Balaban J connectivity index is 1.79. The molecule has 0 amide bonds. The van der Waals surface area contributed by atoms with E-state index in [2.05, 4.69) is 42.3 Å². The highest BCUT2D eigenvalue weighted by atomic mass is 32.1. The van der Waals surface area contributed by atoms with E-state index in [-0.39, 0.29) is 5.60 Å². The lowest BCUT2D eigenvalue weighted by atomic mass is 10.0. The van der Waals surface area contributed by atoms with Gasteiger partial charge >= 0.3 is 0 Å². The molecule has 4 heteroatoms. The molecule has 3 rings (SSSR count). The van der Waals surface area contributed by atoms with Crippen LogP contribution in [0.25, 0.3) is 10.2 Å². The largest absolute Gasteiger partial charge is 0.365 e. The van der Waals surface area contributed by atoms with Crippen molar-refractivity contribution in [3.05, 3.63) is 28.8 Å². The Morgan fingerprint density at radius 2 is 2.29 bits per heavy atom. The fourth-order valence-corrected chi connectivity index (χ4v) is 2.97. The van der Waals surface area contributed by atoms with Gasteiger partial charge in [-0.3, -0.25) is 0 Å². The number of hydrogen-bond acceptors (Lipinski definition) is 4. The van der Waals surface area contributed by atoms with Crippen molar-refractivity contribution >= 4 is 21.6 Å². The molecule has 90 valence electrons. The van der Waals surface area contributed by atoms with E-state index in [1.54, 1.807) is 11.3 Å². The molecule has 1 fully saturated rings. The third-order valence-electron chi connectivity index (χ3n) is 3.21. The number of rotatable bonds is 3. The first kappa shape index (κ1) is 11.1. The van der Waals surface area contributed by atoms with Crippen molar-refractivity contribution in [2.24, 2.45) is 0 Å². The minimum atomic E-state index is 0.00684. The summed E-state index contributed by atoms with van der Waals surface area (Å²) >= 11 is 1.73. The van der Waals surface area contributed by atoms with Crippen LogP contribution in [0.5, 0.6) is 0 Å². The van der Waals surface area contributed by atoms with Crippen LogP contribution in [0, 0.1) is 6.92 Å². The minimum Gasteiger partial charge on any atom is -0.365 e. The minimum absolute atomic E-state index is 0.00684. The molecule has 0 saturated carbocycles. The fraction of sp³-hybridized carbons (Fsp3) is 0.462. The van der Waals surface area contributed by atoms with E-state index in [1.165, 1.54) is 10.3 Å². The molecule has 1 aliphatic rings. The van der Waals surface area contributed by atoms with Gasteiger partial charge in [-0.05, 0) is 25.5 Å². The lowest BCUT2D eigenvalue weighted by Gasteiger charge is -2.38. The van der Waals surface area contributed by atoms with Crippen LogP contribution < -0.4 is 5.32 Å². The highest BCUT2D eigenvalue weighted by Gasteiger charge is 2.32. The maximum Gasteiger partial charge on any atom is 0.120 e. The lowest BCUT2D eigenvalue weighted by Crippen LogP contribution is -2.58. The van der Waals surface area contributed by atoms with Crippen LogP contribution in [0.4, 0.5) is 0 Å². The molecule has 0 atom stereocenters. The number of thiazole rings is 1. The zero-order valence-corrected chi connectivity index (χ0v) is 10.9. The standard InChI is InChI=1S/C13H16N2OS/c1-9-4-3-5-10-12(9)15-11(17-10)6-16-13(2)7-14-8-13/h3-5,14H,6-8H2,1-2H3. The van der Waals surface area contributed by atoms with Gasteiger partial charge in [0.1, 0.15) is 5.01 Å². The first-order valence-corrected chi connectivity index (χ1v) is 6.68. The second-order valence-electron chi connectivity index (χ2n) is 4.87. The number of benzene rings is 1. The van der Waals surface area contributed by atoms with Crippen molar-refractivity contribution in [3.8, 4) is 0 Å². The van der Waals surface area contributed by atoms with E-state index in [0.717, 1.165) is 23.6 Å². The third kappa shape index (κ3) is 2.08. The van der Waals surface area contributed by atoms with E-state index < -0.39 is 0 Å². The highest BCUT2D eigenvalue weighted by molar-refractivity contribution is 7.18. The van der Waals surface area contributed by atoms with Crippen molar-refractivity contribution in [1.29, 1.82) is 0 Å². The van der Waals surface area contributed by atoms with Gasteiger partial charge in [-0.2, -0.15) is 0 Å². The molecule has 1 aromatic heterocycles. The average molecular weight is 248 g/mol. The van der Waals surface area contributed by atoms with E-state index in [4.69, 9.17) is 4.74 Å². The number of nitrogens with one attached hydrogen (secondary N) is 1. The number of nitrogens with zero attached hydrogens (tertiary/aromatic N) is 1. The molecule has 0 aliphatic carbocycles. The van der Waals surface area contributed by atoms with Crippen LogP contribution >= 0.6 is 11.3 Å². The van der Waals surface area contributed by atoms with Crippen LogP contribution in [0.15, 0.2) is 18.2 Å². The Labute approximate surface area is 105 Å². The van der Waals surface area contributed by atoms with Crippen molar-refractivity contribution in [3.63, 3.8) is 0 Å². The smallest absolute Gasteiger partial charge is 0.120 e. The molecule has 1 saturated heterocycles. The molecular weight excluding hydrogens is 232 g/mol. The van der Waals surface area contributed by atoms with Gasteiger partial charge in [0.2, 0.25) is 0 Å². The normalized spacial score (nSPS) is 18.2. The van der Waals surface area contributed by atoms with Crippen LogP contribution in [0.2, 0.25) is 0 Å². The molecule has 0 radical (unpaired) electrons. The van der Waals surface area contributed by atoms with Gasteiger partial charge in [0, 0.05) is 13.1 Å². The number of aromatic nitrogens is 1. The summed E-state index contributed by atoms with van der Waals surface area (Å²) in [5.41, 5.74) is 2.36. The Morgan fingerprint density at radius 3 is 2.94 bits per heavy atom. The summed E-state index contributed by atoms with van der Waals surface area (Å²) in [6, 6.07) is 6.30. The maximum absolute atomic E-state index is 5.91. The Morgan fingerprint density at radius 1 is 1.47 bits per heavy atom. The molecule has 2 aromatic rings. The predicted octanol–water partition coefficient (Wildman–Crippen LogP) is 2.48. The number of para-hydroxylation sites is 1. The number of ether oxygens (including phenoxy) is 1. The van der Waals surface area contributed by atoms with Gasteiger partial charge in [-0.25, -0.2) is 4.98 Å². The van der Waals surface area contributed by atoms with Crippen molar-refractivity contribution in [1.82, 2.24) is 10.3 Å². The van der Waals surface area contributed by atoms with Crippen molar-refractivity contribution in [2.45, 2.75) is 26.1 Å². The maximum atomic E-state index is 5.91.